The molecular weight excluding hydrogens is 292 g/mol. The summed E-state index contributed by atoms with van der Waals surface area (Å²) in [5.74, 6) is -1.28. The number of carbonyl (C=O) groups is 3. The molecule has 2 rings (SSSR count). The van der Waals surface area contributed by atoms with Crippen LogP contribution in [0.2, 0.25) is 0 Å². The van der Waals surface area contributed by atoms with E-state index >= 15 is 0 Å². The number of nitrogens with zero attached hydrogens (tertiary/aromatic N) is 2. The average molecular weight is 308 g/mol. The molecular formula is C14H16N2O4S. The van der Waals surface area contributed by atoms with Gasteiger partial charge in [0, 0.05) is 31.1 Å². The Morgan fingerprint density at radius 2 is 2.10 bits per heavy atom. The lowest BCUT2D eigenvalue weighted by Gasteiger charge is -2.18. The maximum Gasteiger partial charge on any atom is 0.328 e. The number of hydrogen-bond acceptors (Lipinski definition) is 4. The molecule has 0 bridgehead atoms. The van der Waals surface area contributed by atoms with Gasteiger partial charge in [-0.25, -0.2) is 4.79 Å². The summed E-state index contributed by atoms with van der Waals surface area (Å²) in [5, 5.41) is 8.58. The van der Waals surface area contributed by atoms with Gasteiger partial charge in [-0.15, -0.1) is 11.3 Å². The van der Waals surface area contributed by atoms with Gasteiger partial charge in [0.15, 0.2) is 0 Å². The molecule has 6 nitrogen and oxygen atoms in total. The normalized spacial score (nSPS) is 16.3. The van der Waals surface area contributed by atoms with Crippen LogP contribution in [0.1, 0.15) is 21.0 Å². The Morgan fingerprint density at radius 1 is 1.33 bits per heavy atom. The van der Waals surface area contributed by atoms with Crippen molar-refractivity contribution in [2.45, 2.75) is 6.42 Å². The number of carboxylic acid groups (broad SMARTS) is 1. The summed E-state index contributed by atoms with van der Waals surface area (Å²) in [6.07, 6.45) is 3.24. The predicted molar refractivity (Wildman–Crippen MR) is 79.1 cm³/mol. The summed E-state index contributed by atoms with van der Waals surface area (Å²) in [5.41, 5.74) is 0. The molecule has 1 saturated heterocycles. The fraction of sp³-hybridized carbons (Fsp3) is 0.357. The summed E-state index contributed by atoms with van der Waals surface area (Å²) < 4.78 is 0. The van der Waals surface area contributed by atoms with Crippen LogP contribution < -0.4 is 0 Å². The van der Waals surface area contributed by atoms with Gasteiger partial charge in [0.05, 0.1) is 4.88 Å². The molecule has 0 radical (unpaired) electrons. The van der Waals surface area contributed by atoms with E-state index in [2.05, 4.69) is 0 Å². The van der Waals surface area contributed by atoms with Gasteiger partial charge in [0.2, 0.25) is 5.91 Å². The summed E-state index contributed by atoms with van der Waals surface area (Å²) >= 11 is 1.22. The van der Waals surface area contributed by atoms with Crippen molar-refractivity contribution in [3.8, 4) is 0 Å². The number of carbonyl (C=O) groups excluding carboxylic acids is 2. The predicted octanol–water partition coefficient (Wildman–Crippen LogP) is 1.15. The number of aliphatic carboxylic acids is 1. The summed E-state index contributed by atoms with van der Waals surface area (Å²) in [7, 11) is 1.73. The van der Waals surface area contributed by atoms with Gasteiger partial charge in [-0.05, 0) is 24.6 Å². The van der Waals surface area contributed by atoms with Crippen LogP contribution in [0.5, 0.6) is 0 Å². The molecule has 0 unspecified atom stereocenters. The minimum Gasteiger partial charge on any atom is -0.478 e. The summed E-state index contributed by atoms with van der Waals surface area (Å²) in [6.45, 7) is 1.29. The molecule has 0 spiro atoms. The first-order valence-corrected chi connectivity index (χ1v) is 7.33. The van der Waals surface area contributed by atoms with E-state index in [1.54, 1.807) is 29.0 Å². The third-order valence-electron chi connectivity index (χ3n) is 3.19. The first-order chi connectivity index (χ1) is 9.97. The molecule has 0 saturated carbocycles. The lowest BCUT2D eigenvalue weighted by molar-refractivity contribution is -0.131. The average Bonchev–Trinajstić information content (AvgIpc) is 2.85. The van der Waals surface area contributed by atoms with Gasteiger partial charge in [-0.2, -0.15) is 0 Å². The Bertz CT molecular complexity index is 594. The van der Waals surface area contributed by atoms with Gasteiger partial charge >= 0.3 is 5.97 Å². The molecule has 112 valence electrons. The van der Waals surface area contributed by atoms with E-state index in [1.807, 2.05) is 0 Å². The monoisotopic (exact) mass is 308 g/mol. The maximum absolute atomic E-state index is 12.4. The zero-order valence-electron chi connectivity index (χ0n) is 11.6. The molecule has 1 N–H and O–H groups in total. The van der Waals surface area contributed by atoms with Gasteiger partial charge in [-0.3, -0.25) is 9.59 Å². The zero-order chi connectivity index (χ0) is 15.4. The SMILES string of the molecule is CN1CCCN(C(=O)c2ccc(/C=C/C(=O)O)s2)CC1=O. The van der Waals surface area contributed by atoms with Crippen molar-refractivity contribution in [3.05, 3.63) is 28.0 Å². The number of carboxylic acids is 1. The summed E-state index contributed by atoms with van der Waals surface area (Å²) in [4.78, 5) is 39.0. The molecule has 0 atom stereocenters. The largest absolute Gasteiger partial charge is 0.478 e. The molecule has 1 aliphatic heterocycles. The van der Waals surface area contributed by atoms with E-state index < -0.39 is 5.97 Å². The lowest BCUT2D eigenvalue weighted by atomic mass is 10.3. The molecule has 1 aromatic heterocycles. The number of thiophene rings is 1. The molecule has 0 aromatic carbocycles. The highest BCUT2D eigenvalue weighted by atomic mass is 32.1. The second kappa shape index (κ2) is 6.53. The first-order valence-electron chi connectivity index (χ1n) is 6.51. The molecule has 2 amide bonds. The fourth-order valence-corrected chi connectivity index (χ4v) is 2.91. The van der Waals surface area contributed by atoms with Crippen LogP contribution in [-0.2, 0) is 9.59 Å². The van der Waals surface area contributed by atoms with E-state index in [0.717, 1.165) is 12.5 Å². The fourth-order valence-electron chi connectivity index (χ4n) is 2.03. The Labute approximate surface area is 126 Å². The van der Waals surface area contributed by atoms with Crippen molar-refractivity contribution in [3.63, 3.8) is 0 Å². The molecule has 2 heterocycles. The highest BCUT2D eigenvalue weighted by Crippen LogP contribution is 2.20. The van der Waals surface area contributed by atoms with Crippen LogP contribution in [0.25, 0.3) is 6.08 Å². The molecule has 0 aliphatic carbocycles. The molecule has 7 heteroatoms. The van der Waals surface area contributed by atoms with E-state index in [1.165, 1.54) is 17.4 Å². The quantitative estimate of drug-likeness (QED) is 0.850. The molecule has 1 aliphatic rings. The van der Waals surface area contributed by atoms with Crippen LogP contribution in [0.4, 0.5) is 0 Å². The van der Waals surface area contributed by atoms with Crippen LogP contribution in [0.15, 0.2) is 18.2 Å². The first kappa shape index (κ1) is 15.2. The Kier molecular flexibility index (Phi) is 4.74. The van der Waals surface area contributed by atoms with E-state index in [9.17, 15) is 14.4 Å². The smallest absolute Gasteiger partial charge is 0.328 e. The minimum absolute atomic E-state index is 0.0663. The van der Waals surface area contributed by atoms with E-state index in [4.69, 9.17) is 5.11 Å². The lowest BCUT2D eigenvalue weighted by Crippen LogP contribution is -2.37. The van der Waals surface area contributed by atoms with Crippen LogP contribution in [-0.4, -0.2) is 59.4 Å². The van der Waals surface area contributed by atoms with Crippen molar-refractivity contribution in [1.82, 2.24) is 9.80 Å². The van der Waals surface area contributed by atoms with Crippen molar-refractivity contribution in [1.29, 1.82) is 0 Å². The molecule has 1 aromatic rings. The van der Waals surface area contributed by atoms with Crippen molar-refractivity contribution in [2.24, 2.45) is 0 Å². The van der Waals surface area contributed by atoms with Crippen LogP contribution in [0, 0.1) is 0 Å². The third-order valence-corrected chi connectivity index (χ3v) is 4.23. The highest BCUT2D eigenvalue weighted by Gasteiger charge is 2.24. The molecule has 1 fully saturated rings. The zero-order valence-corrected chi connectivity index (χ0v) is 12.4. The van der Waals surface area contributed by atoms with Gasteiger partial charge in [0.25, 0.3) is 5.91 Å². The van der Waals surface area contributed by atoms with Crippen LogP contribution >= 0.6 is 11.3 Å². The number of amides is 2. The Morgan fingerprint density at radius 3 is 2.81 bits per heavy atom. The maximum atomic E-state index is 12.4. The van der Waals surface area contributed by atoms with E-state index in [0.29, 0.717) is 22.8 Å². The van der Waals surface area contributed by atoms with Gasteiger partial charge in [0.1, 0.15) is 6.54 Å². The highest BCUT2D eigenvalue weighted by molar-refractivity contribution is 7.14. The number of likely N-dealkylation sites (N-methyl/N-ethyl adjacent to an activating group) is 1. The number of hydrogen-bond donors (Lipinski definition) is 1. The minimum atomic E-state index is -1.03. The standard InChI is InChI=1S/C14H16N2O4S/c1-15-7-2-8-16(9-12(15)17)14(20)11-5-3-10(21-11)4-6-13(18)19/h3-6H,2,7-9H2,1H3,(H,18,19)/b6-4+. The van der Waals surface area contributed by atoms with Crippen LogP contribution in [0.3, 0.4) is 0 Å². The van der Waals surface area contributed by atoms with Crippen molar-refractivity contribution >= 4 is 35.2 Å². The van der Waals surface area contributed by atoms with Crippen molar-refractivity contribution in [2.75, 3.05) is 26.7 Å². The summed E-state index contributed by atoms with van der Waals surface area (Å²) in [6, 6.07) is 3.36. The number of rotatable bonds is 3. The third kappa shape index (κ3) is 3.91. The Balaban J connectivity index is 2.09. The second-order valence-corrected chi connectivity index (χ2v) is 5.88. The topological polar surface area (TPSA) is 77.9 Å². The second-order valence-electron chi connectivity index (χ2n) is 4.77. The van der Waals surface area contributed by atoms with Gasteiger partial charge in [-0.1, -0.05) is 0 Å². The van der Waals surface area contributed by atoms with E-state index in [-0.39, 0.29) is 18.4 Å². The van der Waals surface area contributed by atoms with Crippen molar-refractivity contribution < 1.29 is 19.5 Å². The van der Waals surface area contributed by atoms with Gasteiger partial charge < -0.3 is 14.9 Å². The molecule has 21 heavy (non-hydrogen) atoms. The Hall–Kier alpha value is -2.15.